The van der Waals surface area contributed by atoms with Gasteiger partial charge in [0.15, 0.2) is 0 Å². The summed E-state index contributed by atoms with van der Waals surface area (Å²) in [6.07, 6.45) is 1.62. The average Bonchev–Trinajstić information content (AvgIpc) is 3.06. The number of para-hydroxylation sites is 1. The second-order valence-electron chi connectivity index (χ2n) is 5.77. The maximum Gasteiger partial charge on any atom is 0.242 e. The van der Waals surface area contributed by atoms with Crippen LogP contribution in [-0.2, 0) is 17.8 Å². The smallest absolute Gasteiger partial charge is 0.242 e. The summed E-state index contributed by atoms with van der Waals surface area (Å²) in [5.41, 5.74) is 2.32. The number of anilines is 1. The van der Waals surface area contributed by atoms with Gasteiger partial charge in [-0.15, -0.1) is 11.3 Å². The lowest BCUT2D eigenvalue weighted by atomic mass is 10.1. The third-order valence-corrected chi connectivity index (χ3v) is 5.22. The number of fused-ring (bicyclic) bond motifs is 1. The Labute approximate surface area is 141 Å². The summed E-state index contributed by atoms with van der Waals surface area (Å²) in [5.74, 6) is 0.156. The zero-order chi connectivity index (χ0) is 16.1. The molecule has 0 saturated heterocycles. The van der Waals surface area contributed by atoms with Crippen LogP contribution in [0.25, 0.3) is 0 Å². The first-order chi connectivity index (χ1) is 11.3. The number of rotatable bonds is 6. The molecule has 2 aromatic rings. The van der Waals surface area contributed by atoms with E-state index in [2.05, 4.69) is 16.3 Å². The molecule has 0 radical (unpaired) electrons. The Morgan fingerprint density at radius 1 is 1.26 bits per heavy atom. The lowest BCUT2D eigenvalue weighted by Crippen LogP contribution is -2.43. The fraction of sp³-hybridized carbons (Fsp3) is 0.389. The van der Waals surface area contributed by atoms with Crippen LogP contribution in [0.1, 0.15) is 16.9 Å². The van der Waals surface area contributed by atoms with Crippen LogP contribution >= 0.6 is 11.3 Å². The normalized spacial score (nSPS) is 13.7. The van der Waals surface area contributed by atoms with E-state index in [9.17, 15) is 4.79 Å². The van der Waals surface area contributed by atoms with Crippen molar-refractivity contribution < 1.29 is 9.90 Å². The Balaban J connectivity index is 1.66. The summed E-state index contributed by atoms with van der Waals surface area (Å²) in [6, 6.07) is 12.1. The maximum atomic E-state index is 12.7. The van der Waals surface area contributed by atoms with Crippen LogP contribution in [-0.4, -0.2) is 42.2 Å². The molecule has 23 heavy (non-hydrogen) atoms. The summed E-state index contributed by atoms with van der Waals surface area (Å²) in [5, 5.41) is 11.2. The van der Waals surface area contributed by atoms with Gasteiger partial charge in [-0.05, 0) is 42.0 Å². The molecule has 1 N–H and O–H groups in total. The highest BCUT2D eigenvalue weighted by Crippen LogP contribution is 2.24. The number of hydrogen-bond donors (Lipinski definition) is 1. The van der Waals surface area contributed by atoms with Gasteiger partial charge in [-0.2, -0.15) is 0 Å². The molecule has 1 aromatic carbocycles. The Morgan fingerprint density at radius 2 is 2.09 bits per heavy atom. The second kappa shape index (κ2) is 7.62. The number of carbonyl (C=O) groups excluding carboxylic acids is 1. The molecule has 0 atom stereocenters. The van der Waals surface area contributed by atoms with Gasteiger partial charge >= 0.3 is 0 Å². The summed E-state index contributed by atoms with van der Waals surface area (Å²) >= 11 is 1.78. The molecule has 4 nitrogen and oxygen atoms in total. The quantitative estimate of drug-likeness (QED) is 0.885. The van der Waals surface area contributed by atoms with Gasteiger partial charge in [0.25, 0.3) is 0 Å². The van der Waals surface area contributed by atoms with Crippen LogP contribution in [0.4, 0.5) is 5.69 Å². The van der Waals surface area contributed by atoms with E-state index in [1.54, 1.807) is 11.3 Å². The molecule has 0 spiro atoms. The maximum absolute atomic E-state index is 12.7. The third-order valence-electron chi connectivity index (χ3n) is 4.19. The van der Waals surface area contributed by atoms with Gasteiger partial charge in [0.1, 0.15) is 0 Å². The predicted octanol–water partition coefficient (Wildman–Crippen LogP) is 2.52. The Hall–Kier alpha value is -1.85. The molecule has 3 rings (SSSR count). The molecule has 0 fully saturated rings. The molecule has 1 amide bonds. The minimum Gasteiger partial charge on any atom is -0.396 e. The molecule has 0 saturated carbocycles. The van der Waals surface area contributed by atoms with E-state index in [1.807, 2.05) is 35.2 Å². The highest BCUT2D eigenvalue weighted by Gasteiger charge is 2.23. The van der Waals surface area contributed by atoms with Crippen LogP contribution in [0.5, 0.6) is 0 Å². The molecule has 0 aliphatic carbocycles. The minimum absolute atomic E-state index is 0.138. The molecule has 1 aliphatic rings. The fourth-order valence-corrected chi connectivity index (χ4v) is 3.81. The van der Waals surface area contributed by atoms with Gasteiger partial charge in [0.2, 0.25) is 5.91 Å². The molecule has 0 unspecified atom stereocenters. The number of thiophene rings is 1. The molecule has 1 aromatic heterocycles. The van der Waals surface area contributed by atoms with E-state index < -0.39 is 0 Å². The molecule has 1 aliphatic heterocycles. The minimum atomic E-state index is 0.138. The van der Waals surface area contributed by atoms with Gasteiger partial charge in [-0.1, -0.05) is 18.2 Å². The van der Waals surface area contributed by atoms with Crippen LogP contribution in [0.2, 0.25) is 0 Å². The standard InChI is InChI=1S/C18H22N2O2S/c21-11-4-9-19(16-5-2-1-3-6-16)14-18(22)20-10-7-17-15(13-20)8-12-23-17/h1-3,5-6,8,12,21H,4,7,9-11,13-14H2. The van der Waals surface area contributed by atoms with Crippen molar-refractivity contribution in [3.63, 3.8) is 0 Å². The topological polar surface area (TPSA) is 43.8 Å². The van der Waals surface area contributed by atoms with Crippen molar-refractivity contribution in [1.29, 1.82) is 0 Å². The lowest BCUT2D eigenvalue weighted by Gasteiger charge is -2.31. The summed E-state index contributed by atoms with van der Waals surface area (Å²) < 4.78 is 0. The third kappa shape index (κ3) is 3.92. The summed E-state index contributed by atoms with van der Waals surface area (Å²) in [4.78, 5) is 18.1. The molecule has 5 heteroatoms. The van der Waals surface area contributed by atoms with E-state index in [-0.39, 0.29) is 12.5 Å². The Morgan fingerprint density at radius 3 is 2.87 bits per heavy atom. The van der Waals surface area contributed by atoms with E-state index in [1.165, 1.54) is 10.4 Å². The van der Waals surface area contributed by atoms with E-state index in [4.69, 9.17) is 5.11 Å². The SMILES string of the molecule is O=C(CN(CCCO)c1ccccc1)N1CCc2sccc2C1. The summed E-state index contributed by atoms with van der Waals surface area (Å²) in [6.45, 7) is 2.71. The first-order valence-corrected chi connectivity index (χ1v) is 8.90. The Kier molecular flexibility index (Phi) is 5.31. The van der Waals surface area contributed by atoms with Crippen molar-refractivity contribution in [2.45, 2.75) is 19.4 Å². The van der Waals surface area contributed by atoms with Gasteiger partial charge in [-0.3, -0.25) is 4.79 Å². The van der Waals surface area contributed by atoms with Crippen LogP contribution < -0.4 is 4.90 Å². The largest absolute Gasteiger partial charge is 0.396 e. The summed E-state index contributed by atoms with van der Waals surface area (Å²) in [7, 11) is 0. The van der Waals surface area contributed by atoms with Crippen molar-refractivity contribution >= 4 is 22.9 Å². The van der Waals surface area contributed by atoms with E-state index in [0.717, 1.165) is 25.2 Å². The number of hydrogen-bond acceptors (Lipinski definition) is 4. The number of amides is 1. The van der Waals surface area contributed by atoms with Gasteiger partial charge in [-0.25, -0.2) is 0 Å². The zero-order valence-electron chi connectivity index (χ0n) is 13.1. The lowest BCUT2D eigenvalue weighted by molar-refractivity contribution is -0.130. The van der Waals surface area contributed by atoms with Crippen LogP contribution in [0.3, 0.4) is 0 Å². The van der Waals surface area contributed by atoms with E-state index >= 15 is 0 Å². The molecule has 2 heterocycles. The number of nitrogens with zero attached hydrogens (tertiary/aromatic N) is 2. The molecule has 0 bridgehead atoms. The molecule has 122 valence electrons. The van der Waals surface area contributed by atoms with Gasteiger partial charge in [0, 0.05) is 36.8 Å². The van der Waals surface area contributed by atoms with Gasteiger partial charge < -0.3 is 14.9 Å². The number of aliphatic hydroxyl groups excluding tert-OH is 1. The molecular formula is C18H22N2O2S. The fourth-order valence-electron chi connectivity index (χ4n) is 2.92. The predicted molar refractivity (Wildman–Crippen MR) is 93.8 cm³/mol. The average molecular weight is 330 g/mol. The number of carbonyl (C=O) groups is 1. The van der Waals surface area contributed by atoms with Crippen molar-refractivity contribution in [2.75, 3.05) is 31.1 Å². The van der Waals surface area contributed by atoms with E-state index in [0.29, 0.717) is 19.5 Å². The van der Waals surface area contributed by atoms with Crippen molar-refractivity contribution in [2.24, 2.45) is 0 Å². The Bertz CT molecular complexity index is 641. The highest BCUT2D eigenvalue weighted by molar-refractivity contribution is 7.10. The number of aliphatic hydroxyl groups is 1. The van der Waals surface area contributed by atoms with Crippen LogP contribution in [0, 0.1) is 0 Å². The first kappa shape index (κ1) is 16.0. The van der Waals surface area contributed by atoms with Gasteiger partial charge in [0.05, 0.1) is 6.54 Å². The van der Waals surface area contributed by atoms with Crippen LogP contribution in [0.15, 0.2) is 41.8 Å². The monoisotopic (exact) mass is 330 g/mol. The first-order valence-electron chi connectivity index (χ1n) is 8.02. The van der Waals surface area contributed by atoms with Crippen molar-refractivity contribution in [3.8, 4) is 0 Å². The van der Waals surface area contributed by atoms with Crippen molar-refractivity contribution in [3.05, 3.63) is 52.2 Å². The zero-order valence-corrected chi connectivity index (χ0v) is 14.0. The molecular weight excluding hydrogens is 308 g/mol. The highest BCUT2D eigenvalue weighted by atomic mass is 32.1. The second-order valence-corrected chi connectivity index (χ2v) is 6.77. The number of benzene rings is 1. The van der Waals surface area contributed by atoms with Crippen molar-refractivity contribution in [1.82, 2.24) is 4.90 Å².